The third-order valence-electron chi connectivity index (χ3n) is 3.38. The van der Waals surface area contributed by atoms with E-state index in [1.54, 1.807) is 0 Å². The molecule has 0 aliphatic carbocycles. The lowest BCUT2D eigenvalue weighted by Gasteiger charge is -2.19. The summed E-state index contributed by atoms with van der Waals surface area (Å²) in [7, 11) is 0. The van der Waals surface area contributed by atoms with E-state index in [-0.39, 0.29) is 5.91 Å². The first-order chi connectivity index (χ1) is 10.2. The number of nitrogens with two attached hydrogens (primary N) is 1. The second-order valence-corrected chi connectivity index (χ2v) is 4.80. The van der Waals surface area contributed by atoms with Crippen LogP contribution in [0.2, 0.25) is 0 Å². The third-order valence-corrected chi connectivity index (χ3v) is 3.38. The SMILES string of the molecule is CCN(CC)CCOc1ccccc1CNC(=O)CCN. The van der Waals surface area contributed by atoms with E-state index in [0.29, 0.717) is 26.1 Å². The Labute approximate surface area is 127 Å². The van der Waals surface area contributed by atoms with Crippen molar-refractivity contribution in [2.45, 2.75) is 26.8 Å². The molecule has 1 rings (SSSR count). The number of amides is 1. The van der Waals surface area contributed by atoms with Crippen LogP contribution in [0, 0.1) is 0 Å². The third kappa shape index (κ3) is 6.60. The number of likely N-dealkylation sites (N-methyl/N-ethyl adjacent to an activating group) is 1. The van der Waals surface area contributed by atoms with Crippen LogP contribution in [-0.2, 0) is 11.3 Å². The highest BCUT2D eigenvalue weighted by Gasteiger charge is 2.06. The molecule has 0 bridgehead atoms. The van der Waals surface area contributed by atoms with Crippen molar-refractivity contribution < 1.29 is 9.53 Å². The van der Waals surface area contributed by atoms with E-state index in [1.807, 2.05) is 24.3 Å². The molecule has 5 nitrogen and oxygen atoms in total. The molecule has 0 fully saturated rings. The van der Waals surface area contributed by atoms with Gasteiger partial charge in [0.15, 0.2) is 0 Å². The lowest BCUT2D eigenvalue weighted by Crippen LogP contribution is -2.28. The van der Waals surface area contributed by atoms with Crippen LogP contribution in [0.4, 0.5) is 0 Å². The van der Waals surface area contributed by atoms with E-state index in [2.05, 4.69) is 24.1 Å². The average Bonchev–Trinajstić information content (AvgIpc) is 2.51. The molecule has 1 amide bonds. The van der Waals surface area contributed by atoms with Crippen LogP contribution < -0.4 is 15.8 Å². The van der Waals surface area contributed by atoms with Crippen LogP contribution in [-0.4, -0.2) is 43.6 Å². The van der Waals surface area contributed by atoms with Crippen molar-refractivity contribution in [1.29, 1.82) is 0 Å². The maximum absolute atomic E-state index is 11.5. The fourth-order valence-corrected chi connectivity index (χ4v) is 2.03. The molecular weight excluding hydrogens is 266 g/mol. The number of nitrogens with one attached hydrogen (secondary N) is 1. The van der Waals surface area contributed by atoms with Crippen LogP contribution in [0.25, 0.3) is 0 Å². The topological polar surface area (TPSA) is 67.6 Å². The fraction of sp³-hybridized carbons (Fsp3) is 0.562. The summed E-state index contributed by atoms with van der Waals surface area (Å²) in [6, 6.07) is 7.79. The van der Waals surface area contributed by atoms with Crippen molar-refractivity contribution in [2.24, 2.45) is 5.73 Å². The van der Waals surface area contributed by atoms with Gasteiger partial charge >= 0.3 is 0 Å². The van der Waals surface area contributed by atoms with Crippen molar-refractivity contribution in [3.8, 4) is 5.75 Å². The van der Waals surface area contributed by atoms with Crippen molar-refractivity contribution in [2.75, 3.05) is 32.8 Å². The molecule has 0 radical (unpaired) electrons. The Kier molecular flexibility index (Phi) is 8.47. The van der Waals surface area contributed by atoms with Crippen LogP contribution in [0.3, 0.4) is 0 Å². The average molecular weight is 293 g/mol. The summed E-state index contributed by atoms with van der Waals surface area (Å²) in [4.78, 5) is 13.8. The summed E-state index contributed by atoms with van der Waals surface area (Å²) in [6.07, 6.45) is 0.352. The van der Waals surface area contributed by atoms with Gasteiger partial charge in [-0.3, -0.25) is 4.79 Å². The summed E-state index contributed by atoms with van der Waals surface area (Å²) in [5, 5.41) is 2.85. The number of rotatable bonds is 10. The quantitative estimate of drug-likeness (QED) is 0.684. The fourth-order valence-electron chi connectivity index (χ4n) is 2.03. The molecule has 1 aromatic carbocycles. The standard InChI is InChI=1S/C16H27N3O2/c1-3-19(4-2)11-12-21-15-8-6-5-7-14(15)13-18-16(20)9-10-17/h5-8H,3-4,9-13,17H2,1-2H3,(H,18,20). The van der Waals surface area contributed by atoms with Crippen molar-refractivity contribution in [1.82, 2.24) is 10.2 Å². The number of nitrogens with zero attached hydrogens (tertiary/aromatic N) is 1. The number of para-hydroxylation sites is 1. The smallest absolute Gasteiger partial charge is 0.221 e. The second-order valence-electron chi connectivity index (χ2n) is 4.80. The van der Waals surface area contributed by atoms with Crippen molar-refractivity contribution in [3.63, 3.8) is 0 Å². The molecule has 118 valence electrons. The van der Waals surface area contributed by atoms with Gasteiger partial charge in [-0.25, -0.2) is 0 Å². The zero-order valence-electron chi connectivity index (χ0n) is 13.1. The molecular formula is C16H27N3O2. The maximum Gasteiger partial charge on any atom is 0.221 e. The van der Waals surface area contributed by atoms with Crippen molar-refractivity contribution >= 4 is 5.91 Å². The highest BCUT2D eigenvalue weighted by Crippen LogP contribution is 2.17. The molecule has 0 unspecified atom stereocenters. The Balaban J connectivity index is 2.48. The lowest BCUT2D eigenvalue weighted by molar-refractivity contribution is -0.121. The molecule has 5 heteroatoms. The molecule has 0 aliphatic heterocycles. The summed E-state index contributed by atoms with van der Waals surface area (Å²) >= 11 is 0. The lowest BCUT2D eigenvalue weighted by atomic mass is 10.2. The minimum Gasteiger partial charge on any atom is -0.492 e. The molecule has 0 aliphatic rings. The van der Waals surface area contributed by atoms with E-state index in [4.69, 9.17) is 10.5 Å². The maximum atomic E-state index is 11.5. The summed E-state index contributed by atoms with van der Waals surface area (Å²) in [5.74, 6) is 0.799. The summed E-state index contributed by atoms with van der Waals surface area (Å²) in [6.45, 7) is 8.73. The number of carbonyl (C=O) groups excluding carboxylic acids is 1. The Hall–Kier alpha value is -1.59. The van der Waals surface area contributed by atoms with Gasteiger partial charge in [0, 0.05) is 31.6 Å². The van der Waals surface area contributed by atoms with Gasteiger partial charge < -0.3 is 20.7 Å². The zero-order valence-corrected chi connectivity index (χ0v) is 13.1. The first-order valence-corrected chi connectivity index (χ1v) is 7.61. The molecule has 0 saturated heterocycles. The predicted molar refractivity (Wildman–Crippen MR) is 85.2 cm³/mol. The Morgan fingerprint density at radius 2 is 2.00 bits per heavy atom. The first-order valence-electron chi connectivity index (χ1n) is 7.61. The van der Waals surface area contributed by atoms with Crippen LogP contribution in [0.5, 0.6) is 5.75 Å². The highest BCUT2D eigenvalue weighted by atomic mass is 16.5. The number of carbonyl (C=O) groups is 1. The van der Waals surface area contributed by atoms with Crippen LogP contribution in [0.1, 0.15) is 25.8 Å². The minimum absolute atomic E-state index is 0.0320. The monoisotopic (exact) mass is 293 g/mol. The van der Waals surface area contributed by atoms with Gasteiger partial charge in [-0.15, -0.1) is 0 Å². The first kappa shape index (κ1) is 17.5. The molecule has 3 N–H and O–H groups in total. The highest BCUT2D eigenvalue weighted by molar-refractivity contribution is 5.76. The van der Waals surface area contributed by atoms with Gasteiger partial charge in [0.2, 0.25) is 5.91 Å². The number of ether oxygens (including phenoxy) is 1. The largest absolute Gasteiger partial charge is 0.492 e. The number of hydrogen-bond donors (Lipinski definition) is 2. The molecule has 0 saturated carbocycles. The van der Waals surface area contributed by atoms with Gasteiger partial charge in [0.05, 0.1) is 0 Å². The molecule has 0 aromatic heterocycles. The van der Waals surface area contributed by atoms with E-state index in [0.717, 1.165) is 30.9 Å². The van der Waals surface area contributed by atoms with Crippen LogP contribution >= 0.6 is 0 Å². The Morgan fingerprint density at radius 3 is 2.67 bits per heavy atom. The zero-order chi connectivity index (χ0) is 15.5. The van der Waals surface area contributed by atoms with Gasteiger partial charge in [0.1, 0.15) is 12.4 Å². The number of hydrogen-bond acceptors (Lipinski definition) is 4. The van der Waals surface area contributed by atoms with Gasteiger partial charge in [-0.1, -0.05) is 32.0 Å². The Morgan fingerprint density at radius 1 is 1.29 bits per heavy atom. The van der Waals surface area contributed by atoms with E-state index >= 15 is 0 Å². The second kappa shape index (κ2) is 10.2. The van der Waals surface area contributed by atoms with Gasteiger partial charge in [-0.2, -0.15) is 0 Å². The normalized spacial score (nSPS) is 10.7. The Bertz CT molecular complexity index is 420. The van der Waals surface area contributed by atoms with Crippen molar-refractivity contribution in [3.05, 3.63) is 29.8 Å². The van der Waals surface area contributed by atoms with E-state index in [9.17, 15) is 4.79 Å². The molecule has 0 atom stereocenters. The number of benzene rings is 1. The summed E-state index contributed by atoms with van der Waals surface area (Å²) < 4.78 is 5.85. The molecule has 0 heterocycles. The molecule has 1 aromatic rings. The van der Waals surface area contributed by atoms with Gasteiger partial charge in [0.25, 0.3) is 0 Å². The van der Waals surface area contributed by atoms with E-state index < -0.39 is 0 Å². The molecule has 0 spiro atoms. The predicted octanol–water partition coefficient (Wildman–Crippen LogP) is 1.37. The van der Waals surface area contributed by atoms with E-state index in [1.165, 1.54) is 0 Å². The van der Waals surface area contributed by atoms with Gasteiger partial charge in [-0.05, 0) is 19.2 Å². The molecule has 21 heavy (non-hydrogen) atoms. The minimum atomic E-state index is -0.0320. The van der Waals surface area contributed by atoms with Crippen LogP contribution in [0.15, 0.2) is 24.3 Å². The summed E-state index contributed by atoms with van der Waals surface area (Å²) in [5.41, 5.74) is 6.35.